The zero-order valence-corrected chi connectivity index (χ0v) is 13.4. The van der Waals surface area contributed by atoms with E-state index in [0.29, 0.717) is 6.54 Å². The standard InChI is InChI=1S/C16H19NO.C2H2O4/c1-13-7-9-15(10-8-13)18-16(11-12-17)14-5-3-2-4-6-14;3-1(4)2(5)6/h2-10,16H,11-12,17H2,1H3;(H,3,4)(H,5,6). The van der Waals surface area contributed by atoms with E-state index < -0.39 is 11.9 Å². The number of ether oxygens (including phenoxy) is 1. The second-order valence-corrected chi connectivity index (χ2v) is 5.02. The Kier molecular flexibility index (Phi) is 8.01. The normalized spacial score (nSPS) is 10.9. The summed E-state index contributed by atoms with van der Waals surface area (Å²) in [5.41, 5.74) is 8.07. The molecule has 128 valence electrons. The molecule has 0 fully saturated rings. The molecule has 0 aromatic heterocycles. The fourth-order valence-corrected chi connectivity index (χ4v) is 1.89. The highest BCUT2D eigenvalue weighted by atomic mass is 16.5. The topological polar surface area (TPSA) is 110 Å². The number of carbonyl (C=O) groups is 2. The van der Waals surface area contributed by atoms with Gasteiger partial charge in [0.25, 0.3) is 0 Å². The summed E-state index contributed by atoms with van der Waals surface area (Å²) in [6.45, 7) is 2.68. The molecule has 0 aliphatic heterocycles. The minimum Gasteiger partial charge on any atom is -0.486 e. The Balaban J connectivity index is 0.000000413. The van der Waals surface area contributed by atoms with Crippen LogP contribution in [0.4, 0.5) is 0 Å². The van der Waals surface area contributed by atoms with E-state index in [1.807, 2.05) is 30.3 Å². The van der Waals surface area contributed by atoms with Crippen molar-refractivity contribution in [2.75, 3.05) is 6.54 Å². The first-order chi connectivity index (χ1) is 11.4. The van der Waals surface area contributed by atoms with Crippen LogP contribution in [0.25, 0.3) is 0 Å². The minimum absolute atomic E-state index is 0.0268. The van der Waals surface area contributed by atoms with Gasteiger partial charge in [0.1, 0.15) is 11.9 Å². The number of carboxylic acid groups (broad SMARTS) is 2. The zero-order chi connectivity index (χ0) is 17.9. The molecule has 0 saturated carbocycles. The summed E-state index contributed by atoms with van der Waals surface area (Å²) >= 11 is 0. The summed E-state index contributed by atoms with van der Waals surface area (Å²) < 4.78 is 6.02. The van der Waals surface area contributed by atoms with Crippen molar-refractivity contribution in [2.45, 2.75) is 19.4 Å². The van der Waals surface area contributed by atoms with E-state index in [-0.39, 0.29) is 6.10 Å². The van der Waals surface area contributed by atoms with E-state index in [0.717, 1.165) is 12.2 Å². The predicted octanol–water partition coefficient (Wildman–Crippen LogP) is 2.62. The Hall–Kier alpha value is -2.86. The maximum atomic E-state index is 9.10. The lowest BCUT2D eigenvalue weighted by atomic mass is 10.1. The smallest absolute Gasteiger partial charge is 0.414 e. The maximum absolute atomic E-state index is 9.10. The van der Waals surface area contributed by atoms with Crippen molar-refractivity contribution >= 4 is 11.9 Å². The first-order valence-electron chi connectivity index (χ1n) is 7.38. The number of benzene rings is 2. The molecule has 0 aliphatic carbocycles. The van der Waals surface area contributed by atoms with E-state index in [9.17, 15) is 0 Å². The largest absolute Gasteiger partial charge is 0.486 e. The first-order valence-corrected chi connectivity index (χ1v) is 7.38. The van der Waals surface area contributed by atoms with Crippen LogP contribution in [-0.4, -0.2) is 28.7 Å². The molecule has 2 rings (SSSR count). The Labute approximate surface area is 140 Å². The third-order valence-corrected chi connectivity index (χ3v) is 3.08. The van der Waals surface area contributed by atoms with Gasteiger partial charge in [0.15, 0.2) is 0 Å². The molecule has 4 N–H and O–H groups in total. The molecule has 0 spiro atoms. The molecule has 0 saturated heterocycles. The molecule has 2 aromatic carbocycles. The fraction of sp³-hybridized carbons (Fsp3) is 0.222. The number of carboxylic acids is 2. The molecule has 0 heterocycles. The van der Waals surface area contributed by atoms with Crippen molar-refractivity contribution < 1.29 is 24.5 Å². The third-order valence-electron chi connectivity index (χ3n) is 3.08. The quantitative estimate of drug-likeness (QED) is 0.727. The van der Waals surface area contributed by atoms with Crippen molar-refractivity contribution in [3.8, 4) is 5.75 Å². The van der Waals surface area contributed by atoms with Crippen molar-refractivity contribution in [1.82, 2.24) is 0 Å². The Bertz CT molecular complexity index is 628. The number of nitrogens with two attached hydrogens (primary N) is 1. The van der Waals surface area contributed by atoms with E-state index in [1.165, 1.54) is 11.1 Å². The molecular weight excluding hydrogens is 310 g/mol. The average Bonchev–Trinajstić information content (AvgIpc) is 2.57. The number of rotatable bonds is 5. The van der Waals surface area contributed by atoms with Crippen LogP contribution in [-0.2, 0) is 9.59 Å². The van der Waals surface area contributed by atoms with Gasteiger partial charge in [-0.3, -0.25) is 0 Å². The van der Waals surface area contributed by atoms with Crippen molar-refractivity contribution in [2.24, 2.45) is 5.73 Å². The summed E-state index contributed by atoms with van der Waals surface area (Å²) in [6, 6.07) is 18.3. The Morgan fingerprint density at radius 3 is 2.00 bits per heavy atom. The molecule has 0 radical (unpaired) electrons. The molecule has 1 atom stereocenters. The van der Waals surface area contributed by atoms with Gasteiger partial charge in [-0.1, -0.05) is 48.0 Å². The lowest BCUT2D eigenvalue weighted by Crippen LogP contribution is -2.13. The summed E-state index contributed by atoms with van der Waals surface area (Å²) in [5, 5.41) is 14.8. The minimum atomic E-state index is -1.82. The van der Waals surface area contributed by atoms with Gasteiger partial charge in [-0.2, -0.15) is 0 Å². The highest BCUT2D eigenvalue weighted by molar-refractivity contribution is 6.27. The van der Waals surface area contributed by atoms with E-state index in [2.05, 4.69) is 31.2 Å². The summed E-state index contributed by atoms with van der Waals surface area (Å²) in [5.74, 6) is -2.76. The van der Waals surface area contributed by atoms with E-state index >= 15 is 0 Å². The van der Waals surface area contributed by atoms with E-state index in [4.69, 9.17) is 30.3 Å². The molecular formula is C18H21NO5. The van der Waals surface area contributed by atoms with Crippen LogP contribution in [0, 0.1) is 6.92 Å². The van der Waals surface area contributed by atoms with Crippen LogP contribution < -0.4 is 10.5 Å². The van der Waals surface area contributed by atoms with Gasteiger partial charge in [-0.05, 0) is 31.2 Å². The number of aryl methyl sites for hydroxylation is 1. The van der Waals surface area contributed by atoms with Crippen molar-refractivity contribution in [3.63, 3.8) is 0 Å². The second kappa shape index (κ2) is 10.0. The summed E-state index contributed by atoms with van der Waals surface area (Å²) in [7, 11) is 0. The van der Waals surface area contributed by atoms with Gasteiger partial charge in [-0.25, -0.2) is 9.59 Å². The third kappa shape index (κ3) is 6.93. The van der Waals surface area contributed by atoms with Gasteiger partial charge in [0.05, 0.1) is 0 Å². The Morgan fingerprint density at radius 2 is 1.54 bits per heavy atom. The number of aliphatic carboxylic acids is 2. The van der Waals surface area contributed by atoms with Crippen molar-refractivity contribution in [1.29, 1.82) is 0 Å². The van der Waals surface area contributed by atoms with Crippen LogP contribution in [0.15, 0.2) is 54.6 Å². The lowest BCUT2D eigenvalue weighted by molar-refractivity contribution is -0.159. The number of hydrogen-bond acceptors (Lipinski definition) is 4. The van der Waals surface area contributed by atoms with Gasteiger partial charge in [0.2, 0.25) is 0 Å². The molecule has 6 heteroatoms. The monoisotopic (exact) mass is 331 g/mol. The molecule has 6 nitrogen and oxygen atoms in total. The average molecular weight is 331 g/mol. The zero-order valence-electron chi connectivity index (χ0n) is 13.4. The lowest BCUT2D eigenvalue weighted by Gasteiger charge is -2.19. The van der Waals surface area contributed by atoms with Gasteiger partial charge < -0.3 is 20.7 Å². The van der Waals surface area contributed by atoms with Crippen LogP contribution in [0.3, 0.4) is 0 Å². The van der Waals surface area contributed by atoms with Crippen LogP contribution in [0.1, 0.15) is 23.7 Å². The molecule has 0 amide bonds. The SMILES string of the molecule is Cc1ccc(OC(CCN)c2ccccc2)cc1.O=C(O)C(=O)O. The first kappa shape index (κ1) is 19.2. The highest BCUT2D eigenvalue weighted by Crippen LogP contribution is 2.24. The van der Waals surface area contributed by atoms with E-state index in [1.54, 1.807) is 0 Å². The van der Waals surface area contributed by atoms with Gasteiger partial charge in [0, 0.05) is 6.42 Å². The summed E-state index contributed by atoms with van der Waals surface area (Å²) in [4.78, 5) is 18.2. The molecule has 2 aromatic rings. The highest BCUT2D eigenvalue weighted by Gasteiger charge is 2.11. The Morgan fingerprint density at radius 1 is 1.00 bits per heavy atom. The predicted molar refractivity (Wildman–Crippen MR) is 89.9 cm³/mol. The number of hydrogen-bond donors (Lipinski definition) is 3. The fourth-order valence-electron chi connectivity index (χ4n) is 1.89. The van der Waals surface area contributed by atoms with Crippen LogP contribution >= 0.6 is 0 Å². The van der Waals surface area contributed by atoms with Gasteiger partial charge >= 0.3 is 11.9 Å². The molecule has 24 heavy (non-hydrogen) atoms. The molecule has 0 bridgehead atoms. The second-order valence-electron chi connectivity index (χ2n) is 5.02. The molecule has 0 aliphatic rings. The maximum Gasteiger partial charge on any atom is 0.414 e. The van der Waals surface area contributed by atoms with Gasteiger partial charge in [-0.15, -0.1) is 0 Å². The molecule has 1 unspecified atom stereocenters. The van der Waals surface area contributed by atoms with Crippen LogP contribution in [0.2, 0.25) is 0 Å². The summed E-state index contributed by atoms with van der Waals surface area (Å²) in [6.07, 6.45) is 0.844. The van der Waals surface area contributed by atoms with Crippen LogP contribution in [0.5, 0.6) is 5.75 Å². The van der Waals surface area contributed by atoms with Crippen molar-refractivity contribution in [3.05, 3.63) is 65.7 Å².